The molecule has 2 aromatic rings. The first-order valence-corrected chi connectivity index (χ1v) is 12.8. The lowest BCUT2D eigenvalue weighted by molar-refractivity contribution is -0.163. The van der Waals surface area contributed by atoms with Crippen LogP contribution in [0.2, 0.25) is 0 Å². The number of nitrogens with one attached hydrogen (secondary N) is 1. The Kier molecular flexibility index (Phi) is 7.17. The number of carbonyl (C=O) groups is 2. The zero-order valence-corrected chi connectivity index (χ0v) is 22.3. The third-order valence-corrected chi connectivity index (χ3v) is 7.59. The molecule has 1 N–H and O–H groups in total. The highest BCUT2D eigenvalue weighted by atomic mass is 19.3. The first kappa shape index (κ1) is 27.4. The number of halogens is 2. The second-order valence-corrected chi connectivity index (χ2v) is 11.7. The van der Waals surface area contributed by atoms with Gasteiger partial charge in [-0.05, 0) is 36.5 Å². The summed E-state index contributed by atoms with van der Waals surface area (Å²) in [7, 11) is 0. The van der Waals surface area contributed by atoms with Gasteiger partial charge >= 0.3 is 5.97 Å². The summed E-state index contributed by atoms with van der Waals surface area (Å²) < 4.78 is 36.3. The van der Waals surface area contributed by atoms with E-state index in [0.717, 1.165) is 11.1 Å². The third kappa shape index (κ3) is 5.20. The number of alkyl halides is 2. The molecule has 8 heteroatoms. The molecular formula is C30H33F2N3O3. The third-order valence-electron chi connectivity index (χ3n) is 7.59. The fourth-order valence-electron chi connectivity index (χ4n) is 5.79. The van der Waals surface area contributed by atoms with Gasteiger partial charge in [-0.15, -0.1) is 0 Å². The van der Waals surface area contributed by atoms with Crippen LogP contribution in [0.25, 0.3) is 17.2 Å². The van der Waals surface area contributed by atoms with Gasteiger partial charge in [0.15, 0.2) is 5.54 Å². The summed E-state index contributed by atoms with van der Waals surface area (Å²) in [5.74, 6) is -6.96. The number of cyclic esters (lactones) is 1. The van der Waals surface area contributed by atoms with E-state index in [9.17, 15) is 14.9 Å². The zero-order chi connectivity index (χ0) is 27.9. The Labute approximate surface area is 222 Å². The smallest absolute Gasteiger partial charge is 0.332 e. The van der Waals surface area contributed by atoms with Crippen LogP contribution in [0.1, 0.15) is 58.7 Å². The van der Waals surface area contributed by atoms with Gasteiger partial charge in [0.1, 0.15) is 6.10 Å². The maximum atomic E-state index is 15.4. The van der Waals surface area contributed by atoms with Crippen molar-refractivity contribution < 1.29 is 23.1 Å². The van der Waals surface area contributed by atoms with E-state index in [1.165, 1.54) is 6.92 Å². The van der Waals surface area contributed by atoms with Gasteiger partial charge < -0.3 is 10.1 Å². The number of carbonyl (C=O) groups excluding carboxylic acids is 2. The number of allylic oxidation sites excluding steroid dienone is 1. The number of hydrogen-bond donors (Lipinski definition) is 1. The molecule has 1 saturated carbocycles. The van der Waals surface area contributed by atoms with E-state index in [1.54, 1.807) is 43.5 Å². The highest BCUT2D eigenvalue weighted by Gasteiger charge is 2.68. The van der Waals surface area contributed by atoms with E-state index in [-0.39, 0.29) is 11.8 Å². The largest absolute Gasteiger partial charge is 0.460 e. The van der Waals surface area contributed by atoms with Crippen LogP contribution in [-0.4, -0.2) is 34.4 Å². The minimum Gasteiger partial charge on any atom is -0.460 e. The lowest BCUT2D eigenvalue weighted by Gasteiger charge is -2.48. The van der Waals surface area contributed by atoms with Crippen molar-refractivity contribution in [2.24, 2.45) is 23.2 Å². The second kappa shape index (κ2) is 9.94. The molecule has 1 aromatic carbocycles. The molecule has 38 heavy (non-hydrogen) atoms. The van der Waals surface area contributed by atoms with Crippen LogP contribution in [0.15, 0.2) is 48.7 Å². The molecule has 0 spiro atoms. The van der Waals surface area contributed by atoms with Gasteiger partial charge in [-0.1, -0.05) is 58.0 Å². The maximum Gasteiger partial charge on any atom is 0.332 e. The lowest BCUT2D eigenvalue weighted by atomic mass is 9.60. The monoisotopic (exact) mass is 521 g/mol. The summed E-state index contributed by atoms with van der Waals surface area (Å²) in [5.41, 5.74) is 0.417. The molecule has 200 valence electrons. The van der Waals surface area contributed by atoms with Crippen molar-refractivity contribution in [2.45, 2.75) is 65.0 Å². The van der Waals surface area contributed by atoms with Crippen LogP contribution in [0.5, 0.6) is 0 Å². The fraction of sp³-hybridized carbons (Fsp3) is 0.467. The van der Waals surface area contributed by atoms with Crippen molar-refractivity contribution in [3.05, 3.63) is 59.9 Å². The Morgan fingerprint density at radius 1 is 1.24 bits per heavy atom. The average Bonchev–Trinajstić information content (AvgIpc) is 3.06. The summed E-state index contributed by atoms with van der Waals surface area (Å²) in [6.07, 6.45) is 3.62. The van der Waals surface area contributed by atoms with E-state index in [0.29, 0.717) is 11.3 Å². The van der Waals surface area contributed by atoms with Gasteiger partial charge in [-0.25, -0.2) is 13.6 Å². The molecule has 1 aromatic heterocycles. The molecule has 2 aliphatic rings. The van der Waals surface area contributed by atoms with E-state index in [2.05, 4.69) is 16.4 Å². The van der Waals surface area contributed by atoms with E-state index in [1.807, 2.05) is 39.0 Å². The van der Waals surface area contributed by atoms with Gasteiger partial charge in [0, 0.05) is 42.0 Å². The predicted molar refractivity (Wildman–Crippen MR) is 140 cm³/mol. The number of esters is 1. The highest BCUT2D eigenvalue weighted by Crippen LogP contribution is 2.55. The first-order valence-electron chi connectivity index (χ1n) is 12.8. The molecule has 2 heterocycles. The van der Waals surface area contributed by atoms with Gasteiger partial charge in [-0.2, -0.15) is 5.26 Å². The average molecular weight is 522 g/mol. The van der Waals surface area contributed by atoms with Crippen molar-refractivity contribution >= 4 is 18.0 Å². The van der Waals surface area contributed by atoms with E-state index in [4.69, 9.17) is 4.74 Å². The Balaban J connectivity index is 1.65. The number of ether oxygens (including phenoxy) is 1. The minimum atomic E-state index is -3.21. The molecule has 0 bridgehead atoms. The Bertz CT molecular complexity index is 1290. The SMILES string of the molecule is C[C@H]1OC(=O)[C@]2(NC(=O)CC(C)(C)C)CC(F)(F)[C@@H](C)[C@H](/C=C/c3ccc(-c4ccccc4C#N)cn3)[C@H]12. The summed E-state index contributed by atoms with van der Waals surface area (Å²) in [4.78, 5) is 30.4. The normalized spacial score (nSPS) is 28.4. The number of amides is 1. The van der Waals surface area contributed by atoms with E-state index < -0.39 is 53.6 Å². The van der Waals surface area contributed by atoms with Crippen LogP contribution >= 0.6 is 0 Å². The number of pyridine rings is 1. The number of fused-ring (bicyclic) bond motifs is 1. The van der Waals surface area contributed by atoms with Crippen molar-refractivity contribution in [3.8, 4) is 17.2 Å². The molecule has 0 unspecified atom stereocenters. The summed E-state index contributed by atoms with van der Waals surface area (Å²) in [6, 6.07) is 12.9. The van der Waals surface area contributed by atoms with Crippen LogP contribution in [0, 0.1) is 34.5 Å². The number of aromatic nitrogens is 1. The molecule has 1 aliphatic carbocycles. The molecule has 1 aliphatic heterocycles. The molecule has 5 atom stereocenters. The van der Waals surface area contributed by atoms with Crippen LogP contribution in [0.4, 0.5) is 8.78 Å². The lowest BCUT2D eigenvalue weighted by Crippen LogP contribution is -2.66. The number of benzene rings is 1. The maximum absolute atomic E-state index is 15.4. The van der Waals surface area contributed by atoms with Gasteiger partial charge in [0.2, 0.25) is 5.91 Å². The topological polar surface area (TPSA) is 92.1 Å². The summed E-state index contributed by atoms with van der Waals surface area (Å²) in [5, 5.41) is 12.1. The Morgan fingerprint density at radius 3 is 2.58 bits per heavy atom. The standard InChI is InChI=1S/C30H33F2N3O3/c1-18-23(13-12-22-11-10-21(16-34-22)24-9-7-6-8-20(24)15-33)26-19(2)38-27(37)29(26,17-30(18,31)32)35-25(36)14-28(3,4)5/h6-13,16,18-19,23,26H,14,17H2,1-5H3,(H,35,36)/b13-12+/t18-,19+,23-,26-,29-/m0/s1. The predicted octanol–water partition coefficient (Wildman–Crippen LogP) is 5.78. The van der Waals surface area contributed by atoms with Crippen molar-refractivity contribution in [3.63, 3.8) is 0 Å². The summed E-state index contributed by atoms with van der Waals surface area (Å²) >= 11 is 0. The minimum absolute atomic E-state index is 0.0932. The van der Waals surface area contributed by atoms with Gasteiger partial charge in [-0.3, -0.25) is 9.78 Å². The molecule has 1 amide bonds. The second-order valence-electron chi connectivity index (χ2n) is 11.7. The molecule has 1 saturated heterocycles. The Hall–Kier alpha value is -3.60. The van der Waals surface area contributed by atoms with Crippen molar-refractivity contribution in [1.82, 2.24) is 10.3 Å². The van der Waals surface area contributed by atoms with Crippen molar-refractivity contribution in [1.29, 1.82) is 5.26 Å². The Morgan fingerprint density at radius 2 is 1.95 bits per heavy atom. The number of nitriles is 1. The first-order chi connectivity index (χ1) is 17.8. The van der Waals surface area contributed by atoms with E-state index >= 15 is 8.78 Å². The molecular weight excluding hydrogens is 488 g/mol. The fourth-order valence-corrected chi connectivity index (χ4v) is 5.79. The van der Waals surface area contributed by atoms with Crippen LogP contribution in [0.3, 0.4) is 0 Å². The summed E-state index contributed by atoms with van der Waals surface area (Å²) in [6.45, 7) is 8.78. The van der Waals surface area contributed by atoms with Crippen LogP contribution in [-0.2, 0) is 14.3 Å². The van der Waals surface area contributed by atoms with Crippen molar-refractivity contribution in [2.75, 3.05) is 0 Å². The highest BCUT2D eigenvalue weighted by molar-refractivity contribution is 5.90. The molecule has 2 fully saturated rings. The number of hydrogen-bond acceptors (Lipinski definition) is 5. The molecule has 6 nitrogen and oxygen atoms in total. The molecule has 0 radical (unpaired) electrons. The van der Waals surface area contributed by atoms with Gasteiger partial charge in [0.05, 0.1) is 17.3 Å². The zero-order valence-electron chi connectivity index (χ0n) is 22.3. The molecule has 4 rings (SSSR count). The quantitative estimate of drug-likeness (QED) is 0.504. The number of rotatable bonds is 5. The number of nitrogens with zero attached hydrogens (tertiary/aromatic N) is 2. The van der Waals surface area contributed by atoms with Gasteiger partial charge in [0.25, 0.3) is 5.92 Å². The van der Waals surface area contributed by atoms with Crippen LogP contribution < -0.4 is 5.32 Å².